The molecule has 92 valence electrons. The summed E-state index contributed by atoms with van der Waals surface area (Å²) in [6.07, 6.45) is 1.61. The van der Waals surface area contributed by atoms with E-state index < -0.39 is 0 Å². The molecule has 0 bridgehead atoms. The van der Waals surface area contributed by atoms with Crippen LogP contribution in [0, 0.1) is 11.3 Å². The molecule has 0 fully saturated rings. The van der Waals surface area contributed by atoms with E-state index in [2.05, 4.69) is 16.0 Å². The molecule has 2 N–H and O–H groups in total. The number of aromatic nitrogens is 2. The SMILES string of the molecule is N#Cc1cccc(Cl)c1-c1nc2ccnc(N)c2s1. The van der Waals surface area contributed by atoms with Crippen molar-refractivity contribution in [2.75, 3.05) is 5.73 Å². The lowest BCUT2D eigenvalue weighted by Gasteiger charge is -2.01. The second kappa shape index (κ2) is 4.50. The number of rotatable bonds is 1. The van der Waals surface area contributed by atoms with Gasteiger partial charge in [0.25, 0.3) is 0 Å². The quantitative estimate of drug-likeness (QED) is 0.743. The Morgan fingerprint density at radius 1 is 1.32 bits per heavy atom. The zero-order chi connectivity index (χ0) is 13.4. The number of nitrogens with two attached hydrogens (primary N) is 1. The highest BCUT2D eigenvalue weighted by molar-refractivity contribution is 7.22. The maximum atomic E-state index is 9.16. The summed E-state index contributed by atoms with van der Waals surface area (Å²) in [5, 5.41) is 10.3. The van der Waals surface area contributed by atoms with E-state index in [4.69, 9.17) is 22.6 Å². The first-order chi connectivity index (χ1) is 9.20. The van der Waals surface area contributed by atoms with Crippen LogP contribution >= 0.6 is 22.9 Å². The zero-order valence-corrected chi connectivity index (χ0v) is 11.2. The second-order valence-electron chi connectivity index (χ2n) is 3.84. The smallest absolute Gasteiger partial charge is 0.143 e. The van der Waals surface area contributed by atoms with Gasteiger partial charge >= 0.3 is 0 Å². The molecule has 0 radical (unpaired) electrons. The lowest BCUT2D eigenvalue weighted by atomic mass is 10.1. The lowest BCUT2D eigenvalue weighted by Crippen LogP contribution is -1.87. The fraction of sp³-hybridized carbons (Fsp3) is 0. The molecule has 0 saturated heterocycles. The van der Waals surface area contributed by atoms with Crippen LogP contribution in [0.2, 0.25) is 5.02 Å². The molecule has 0 saturated carbocycles. The molecular weight excluding hydrogens is 280 g/mol. The van der Waals surface area contributed by atoms with Crippen molar-refractivity contribution in [3.8, 4) is 16.6 Å². The number of nitrogens with zero attached hydrogens (tertiary/aromatic N) is 3. The van der Waals surface area contributed by atoms with Gasteiger partial charge in [0.15, 0.2) is 0 Å². The number of thiazole rings is 1. The van der Waals surface area contributed by atoms with Gasteiger partial charge in [-0.2, -0.15) is 5.26 Å². The van der Waals surface area contributed by atoms with Crippen molar-refractivity contribution in [2.24, 2.45) is 0 Å². The van der Waals surface area contributed by atoms with Crippen molar-refractivity contribution in [1.29, 1.82) is 5.26 Å². The third-order valence-electron chi connectivity index (χ3n) is 2.68. The lowest BCUT2D eigenvalue weighted by molar-refractivity contribution is 1.36. The molecule has 0 aliphatic rings. The number of benzene rings is 1. The standard InChI is InChI=1S/C13H7ClN4S/c14-8-3-1-2-7(6-15)10(8)13-18-9-4-5-17-12(16)11(9)19-13/h1-5H,(H2,16,17). The molecule has 2 aromatic heterocycles. The number of nitriles is 1. The van der Waals surface area contributed by atoms with Crippen LogP contribution in [0.4, 0.5) is 5.82 Å². The number of anilines is 1. The van der Waals surface area contributed by atoms with Crippen LogP contribution in [0.15, 0.2) is 30.5 Å². The van der Waals surface area contributed by atoms with Gasteiger partial charge in [-0.3, -0.25) is 0 Å². The Labute approximate surface area is 118 Å². The minimum atomic E-state index is 0.437. The summed E-state index contributed by atoms with van der Waals surface area (Å²) in [6.45, 7) is 0. The molecule has 0 amide bonds. The number of halogens is 1. The third kappa shape index (κ3) is 1.91. The van der Waals surface area contributed by atoms with Crippen molar-refractivity contribution < 1.29 is 0 Å². The molecule has 19 heavy (non-hydrogen) atoms. The van der Waals surface area contributed by atoms with E-state index >= 15 is 0 Å². The zero-order valence-electron chi connectivity index (χ0n) is 9.59. The number of fused-ring (bicyclic) bond motifs is 1. The maximum absolute atomic E-state index is 9.16. The summed E-state index contributed by atoms with van der Waals surface area (Å²) in [7, 11) is 0. The van der Waals surface area contributed by atoms with Gasteiger partial charge in [0, 0.05) is 11.8 Å². The highest BCUT2D eigenvalue weighted by Crippen LogP contribution is 2.37. The minimum absolute atomic E-state index is 0.437. The predicted molar refractivity (Wildman–Crippen MR) is 77.0 cm³/mol. The highest BCUT2D eigenvalue weighted by atomic mass is 35.5. The van der Waals surface area contributed by atoms with Crippen molar-refractivity contribution in [3.63, 3.8) is 0 Å². The van der Waals surface area contributed by atoms with E-state index in [-0.39, 0.29) is 0 Å². The van der Waals surface area contributed by atoms with Gasteiger partial charge in [0.1, 0.15) is 10.8 Å². The van der Waals surface area contributed by atoms with Crippen LogP contribution in [0.1, 0.15) is 5.56 Å². The van der Waals surface area contributed by atoms with E-state index in [1.807, 2.05) is 0 Å². The topological polar surface area (TPSA) is 75.6 Å². The summed E-state index contributed by atoms with van der Waals surface area (Å²) < 4.78 is 0.807. The average molecular weight is 287 g/mol. The first kappa shape index (κ1) is 11.9. The molecular formula is C13H7ClN4S. The maximum Gasteiger partial charge on any atom is 0.143 e. The Bertz CT molecular complexity index is 819. The van der Waals surface area contributed by atoms with Gasteiger partial charge in [0.05, 0.1) is 26.9 Å². The van der Waals surface area contributed by atoms with Gasteiger partial charge in [-0.05, 0) is 18.2 Å². The first-order valence-electron chi connectivity index (χ1n) is 5.40. The van der Waals surface area contributed by atoms with Crippen molar-refractivity contribution in [2.45, 2.75) is 0 Å². The molecule has 0 aliphatic heterocycles. The molecule has 1 aromatic carbocycles. The molecule has 4 nitrogen and oxygen atoms in total. The van der Waals surface area contributed by atoms with Crippen molar-refractivity contribution >= 4 is 39.0 Å². The monoisotopic (exact) mass is 286 g/mol. The Hall–Kier alpha value is -2.16. The number of hydrogen-bond acceptors (Lipinski definition) is 5. The van der Waals surface area contributed by atoms with E-state index in [0.29, 0.717) is 27.0 Å². The van der Waals surface area contributed by atoms with Crippen LogP contribution in [0.25, 0.3) is 20.8 Å². The summed E-state index contributed by atoms with van der Waals surface area (Å²) in [5.74, 6) is 0.437. The first-order valence-corrected chi connectivity index (χ1v) is 6.60. The second-order valence-corrected chi connectivity index (χ2v) is 5.24. The number of nitrogen functional groups attached to an aromatic ring is 1. The molecule has 0 spiro atoms. The molecule has 0 unspecified atom stereocenters. The van der Waals surface area contributed by atoms with Crippen LogP contribution in [-0.2, 0) is 0 Å². The van der Waals surface area contributed by atoms with Gasteiger partial charge in [0.2, 0.25) is 0 Å². The van der Waals surface area contributed by atoms with Gasteiger partial charge in [-0.15, -0.1) is 11.3 Å². The fourth-order valence-electron chi connectivity index (χ4n) is 1.82. The van der Waals surface area contributed by atoms with Gasteiger partial charge < -0.3 is 5.73 Å². The summed E-state index contributed by atoms with van der Waals surface area (Å²) in [4.78, 5) is 8.51. The van der Waals surface area contributed by atoms with E-state index in [9.17, 15) is 0 Å². The molecule has 3 aromatic rings. The van der Waals surface area contributed by atoms with E-state index in [1.165, 1.54) is 11.3 Å². The molecule has 0 atom stereocenters. The third-order valence-corrected chi connectivity index (χ3v) is 4.11. The van der Waals surface area contributed by atoms with Gasteiger partial charge in [-0.1, -0.05) is 17.7 Å². The van der Waals surface area contributed by atoms with E-state index in [0.717, 1.165) is 10.2 Å². The molecule has 2 heterocycles. The minimum Gasteiger partial charge on any atom is -0.382 e. The predicted octanol–water partition coefficient (Wildman–Crippen LogP) is 3.47. The summed E-state index contributed by atoms with van der Waals surface area (Å²) in [6, 6.07) is 9.12. The Kier molecular flexibility index (Phi) is 2.82. The van der Waals surface area contributed by atoms with Crippen molar-refractivity contribution in [3.05, 3.63) is 41.0 Å². The Morgan fingerprint density at radius 3 is 2.89 bits per heavy atom. The Balaban J connectivity index is 2.32. The van der Waals surface area contributed by atoms with Crippen LogP contribution in [-0.4, -0.2) is 9.97 Å². The van der Waals surface area contributed by atoms with Crippen LogP contribution in [0.5, 0.6) is 0 Å². The molecule has 0 aliphatic carbocycles. The molecule has 3 rings (SSSR count). The molecule has 6 heteroatoms. The fourth-order valence-corrected chi connectivity index (χ4v) is 3.17. The van der Waals surface area contributed by atoms with Crippen LogP contribution < -0.4 is 5.73 Å². The van der Waals surface area contributed by atoms with E-state index in [1.54, 1.807) is 30.5 Å². The summed E-state index contributed by atoms with van der Waals surface area (Å²) >= 11 is 7.57. The van der Waals surface area contributed by atoms with Gasteiger partial charge in [-0.25, -0.2) is 9.97 Å². The largest absolute Gasteiger partial charge is 0.382 e. The summed E-state index contributed by atoms with van der Waals surface area (Å²) in [5.41, 5.74) is 7.72. The highest BCUT2D eigenvalue weighted by Gasteiger charge is 2.15. The Morgan fingerprint density at radius 2 is 2.16 bits per heavy atom. The average Bonchev–Trinajstić information content (AvgIpc) is 2.83. The number of hydrogen-bond donors (Lipinski definition) is 1. The van der Waals surface area contributed by atoms with Crippen LogP contribution in [0.3, 0.4) is 0 Å². The number of pyridine rings is 1. The normalized spacial score (nSPS) is 10.5. The van der Waals surface area contributed by atoms with Crippen molar-refractivity contribution in [1.82, 2.24) is 9.97 Å².